The van der Waals surface area contributed by atoms with Gasteiger partial charge in [0.05, 0.1) is 27.1 Å². The number of hydrogen-bond donors (Lipinski definition) is 2. The summed E-state index contributed by atoms with van der Waals surface area (Å²) < 4.78 is 0. The first-order chi connectivity index (χ1) is 10.1. The van der Waals surface area contributed by atoms with Crippen LogP contribution in [-0.4, -0.2) is 9.97 Å². The van der Waals surface area contributed by atoms with Crippen molar-refractivity contribution in [2.75, 3.05) is 5.32 Å². The lowest BCUT2D eigenvalue weighted by molar-refractivity contribution is 1.24. The first-order valence-corrected chi connectivity index (χ1v) is 7.24. The molecular weight excluding hydrogens is 305 g/mol. The van der Waals surface area contributed by atoms with E-state index in [4.69, 9.17) is 23.2 Å². The van der Waals surface area contributed by atoms with Gasteiger partial charge >= 0.3 is 0 Å². The maximum Gasteiger partial charge on any atom is 0.205 e. The fourth-order valence-corrected chi connectivity index (χ4v) is 2.63. The summed E-state index contributed by atoms with van der Waals surface area (Å²) in [6.45, 7) is 1.96. The fourth-order valence-electron chi connectivity index (χ4n) is 2.14. The standard InChI is InChI=1S/C16H13Cl2N3/c1-10-14(11-6-3-2-4-7-11)20-16(19-10)21-15-12(17)8-5-9-13(15)18/h2-9H,1H3,(H2,19,20,21). The zero-order valence-electron chi connectivity index (χ0n) is 11.3. The van der Waals surface area contributed by atoms with Gasteiger partial charge in [-0.05, 0) is 24.6 Å². The number of H-pyrrole nitrogens is 1. The second kappa shape index (κ2) is 5.80. The molecule has 0 aliphatic carbocycles. The van der Waals surface area contributed by atoms with Crippen LogP contribution in [0.25, 0.3) is 11.3 Å². The Kier molecular flexibility index (Phi) is 3.86. The van der Waals surface area contributed by atoms with Crippen LogP contribution in [-0.2, 0) is 0 Å². The topological polar surface area (TPSA) is 40.7 Å². The molecule has 0 unspecified atom stereocenters. The predicted octanol–water partition coefficient (Wildman–Crippen LogP) is 5.44. The molecule has 0 atom stereocenters. The van der Waals surface area contributed by atoms with Gasteiger partial charge in [-0.1, -0.05) is 59.6 Å². The van der Waals surface area contributed by atoms with Gasteiger partial charge in [-0.15, -0.1) is 0 Å². The minimum atomic E-state index is 0.554. The van der Waals surface area contributed by atoms with E-state index in [9.17, 15) is 0 Å². The number of nitrogens with one attached hydrogen (secondary N) is 2. The van der Waals surface area contributed by atoms with E-state index in [0.29, 0.717) is 21.7 Å². The Hall–Kier alpha value is -1.97. The Balaban J connectivity index is 1.95. The maximum absolute atomic E-state index is 6.15. The first-order valence-electron chi connectivity index (χ1n) is 6.48. The smallest absolute Gasteiger partial charge is 0.205 e. The first kappa shape index (κ1) is 14.0. The summed E-state index contributed by atoms with van der Waals surface area (Å²) in [6.07, 6.45) is 0. The third-order valence-corrected chi connectivity index (χ3v) is 3.78. The molecule has 0 spiro atoms. The average molecular weight is 318 g/mol. The molecule has 0 saturated carbocycles. The number of aryl methyl sites for hydroxylation is 1. The van der Waals surface area contributed by atoms with Gasteiger partial charge in [0.1, 0.15) is 0 Å². The molecular formula is C16H13Cl2N3. The maximum atomic E-state index is 6.15. The molecule has 0 fully saturated rings. The second-order valence-corrected chi connectivity index (χ2v) is 5.45. The van der Waals surface area contributed by atoms with Gasteiger partial charge in [0.25, 0.3) is 0 Å². The molecule has 0 amide bonds. The zero-order chi connectivity index (χ0) is 14.8. The van der Waals surface area contributed by atoms with Crippen molar-refractivity contribution >= 4 is 34.8 Å². The number of halogens is 2. The highest BCUT2D eigenvalue weighted by atomic mass is 35.5. The lowest BCUT2D eigenvalue weighted by atomic mass is 10.1. The van der Waals surface area contributed by atoms with Gasteiger partial charge in [-0.2, -0.15) is 0 Å². The van der Waals surface area contributed by atoms with Crippen molar-refractivity contribution in [1.29, 1.82) is 0 Å². The molecule has 0 saturated heterocycles. The Labute approximate surface area is 132 Å². The third-order valence-electron chi connectivity index (χ3n) is 3.15. The summed E-state index contributed by atoms with van der Waals surface area (Å²) in [5.41, 5.74) is 3.61. The molecule has 0 bridgehead atoms. The van der Waals surface area contributed by atoms with E-state index in [1.165, 1.54) is 0 Å². The number of anilines is 2. The molecule has 2 N–H and O–H groups in total. The summed E-state index contributed by atoms with van der Waals surface area (Å²) in [4.78, 5) is 7.74. The molecule has 3 aromatic rings. The van der Waals surface area contributed by atoms with Crippen LogP contribution in [0.15, 0.2) is 48.5 Å². The Morgan fingerprint density at radius 1 is 0.952 bits per heavy atom. The van der Waals surface area contributed by atoms with Gasteiger partial charge in [-0.3, -0.25) is 0 Å². The highest BCUT2D eigenvalue weighted by Gasteiger charge is 2.11. The van der Waals surface area contributed by atoms with Crippen LogP contribution in [0.4, 0.5) is 11.6 Å². The molecule has 2 aromatic carbocycles. The lowest BCUT2D eigenvalue weighted by Crippen LogP contribution is -1.94. The Bertz CT molecular complexity index is 746. The van der Waals surface area contributed by atoms with Crippen LogP contribution < -0.4 is 5.32 Å². The Morgan fingerprint density at radius 2 is 1.62 bits per heavy atom. The van der Waals surface area contributed by atoms with Crippen molar-refractivity contribution in [3.63, 3.8) is 0 Å². The van der Waals surface area contributed by atoms with Gasteiger partial charge in [-0.25, -0.2) is 4.98 Å². The quantitative estimate of drug-likeness (QED) is 0.675. The SMILES string of the molecule is Cc1nc(Nc2c(Cl)cccc2Cl)[nH]c1-c1ccccc1. The molecule has 1 heterocycles. The number of rotatable bonds is 3. The van der Waals surface area contributed by atoms with Crippen LogP contribution in [0.3, 0.4) is 0 Å². The third kappa shape index (κ3) is 2.89. The highest BCUT2D eigenvalue weighted by molar-refractivity contribution is 6.39. The summed E-state index contributed by atoms with van der Waals surface area (Å²) in [7, 11) is 0. The molecule has 0 aliphatic rings. The number of hydrogen-bond acceptors (Lipinski definition) is 2. The van der Waals surface area contributed by atoms with Crippen molar-refractivity contribution in [2.45, 2.75) is 6.92 Å². The number of benzene rings is 2. The normalized spacial score (nSPS) is 10.6. The van der Waals surface area contributed by atoms with E-state index in [2.05, 4.69) is 15.3 Å². The molecule has 0 radical (unpaired) electrons. The van der Waals surface area contributed by atoms with Crippen molar-refractivity contribution in [3.8, 4) is 11.3 Å². The number of nitrogens with zero attached hydrogens (tertiary/aromatic N) is 1. The van der Waals surface area contributed by atoms with Gasteiger partial charge in [0, 0.05) is 0 Å². The summed E-state index contributed by atoms with van der Waals surface area (Å²) >= 11 is 12.3. The molecule has 106 valence electrons. The Morgan fingerprint density at radius 3 is 2.29 bits per heavy atom. The summed E-state index contributed by atoms with van der Waals surface area (Å²) in [5, 5.41) is 4.25. The van der Waals surface area contributed by atoms with E-state index >= 15 is 0 Å². The summed E-state index contributed by atoms with van der Waals surface area (Å²) in [6, 6.07) is 15.4. The number of aromatic amines is 1. The number of para-hydroxylation sites is 1. The van der Waals surface area contributed by atoms with Crippen molar-refractivity contribution < 1.29 is 0 Å². The fraction of sp³-hybridized carbons (Fsp3) is 0.0625. The van der Waals surface area contributed by atoms with E-state index in [1.54, 1.807) is 18.2 Å². The second-order valence-electron chi connectivity index (χ2n) is 4.63. The predicted molar refractivity (Wildman–Crippen MR) is 88.5 cm³/mol. The van der Waals surface area contributed by atoms with Crippen LogP contribution >= 0.6 is 23.2 Å². The minimum absolute atomic E-state index is 0.554. The van der Waals surface area contributed by atoms with Crippen molar-refractivity contribution in [2.24, 2.45) is 0 Å². The largest absolute Gasteiger partial charge is 0.324 e. The molecule has 21 heavy (non-hydrogen) atoms. The van der Waals surface area contributed by atoms with E-state index in [0.717, 1.165) is 17.0 Å². The molecule has 3 rings (SSSR count). The van der Waals surface area contributed by atoms with Crippen molar-refractivity contribution in [3.05, 3.63) is 64.3 Å². The molecule has 0 aliphatic heterocycles. The van der Waals surface area contributed by atoms with Gasteiger partial charge in [0.2, 0.25) is 5.95 Å². The number of aromatic nitrogens is 2. The van der Waals surface area contributed by atoms with Crippen LogP contribution in [0.1, 0.15) is 5.69 Å². The highest BCUT2D eigenvalue weighted by Crippen LogP contribution is 2.32. The van der Waals surface area contributed by atoms with Crippen LogP contribution in [0.2, 0.25) is 10.0 Å². The van der Waals surface area contributed by atoms with Gasteiger partial charge < -0.3 is 10.3 Å². The monoisotopic (exact) mass is 317 g/mol. The van der Waals surface area contributed by atoms with Crippen LogP contribution in [0, 0.1) is 6.92 Å². The lowest BCUT2D eigenvalue weighted by Gasteiger charge is -2.07. The molecule has 3 nitrogen and oxygen atoms in total. The average Bonchev–Trinajstić information content (AvgIpc) is 2.85. The minimum Gasteiger partial charge on any atom is -0.324 e. The van der Waals surface area contributed by atoms with Crippen molar-refractivity contribution in [1.82, 2.24) is 9.97 Å². The van der Waals surface area contributed by atoms with E-state index < -0.39 is 0 Å². The van der Waals surface area contributed by atoms with Crippen LogP contribution in [0.5, 0.6) is 0 Å². The van der Waals surface area contributed by atoms with Gasteiger partial charge in [0.15, 0.2) is 0 Å². The zero-order valence-corrected chi connectivity index (χ0v) is 12.8. The number of imidazole rings is 1. The van der Waals surface area contributed by atoms with E-state index in [1.807, 2.05) is 37.3 Å². The molecule has 1 aromatic heterocycles. The molecule has 5 heteroatoms. The summed E-state index contributed by atoms with van der Waals surface area (Å²) in [5.74, 6) is 0.612. The van der Waals surface area contributed by atoms with E-state index in [-0.39, 0.29) is 0 Å².